The average molecular weight is 186 g/mol. The van der Waals surface area contributed by atoms with E-state index in [0.717, 1.165) is 6.08 Å². The van der Waals surface area contributed by atoms with Gasteiger partial charge in [0.05, 0.1) is 0 Å². The molecule has 12 heavy (non-hydrogen) atoms. The van der Waals surface area contributed by atoms with Gasteiger partial charge in [0.15, 0.2) is 5.83 Å². The van der Waals surface area contributed by atoms with Crippen molar-refractivity contribution in [1.29, 1.82) is 0 Å². The van der Waals surface area contributed by atoms with Gasteiger partial charge in [-0.15, -0.1) is 0 Å². The summed E-state index contributed by atoms with van der Waals surface area (Å²) < 4.78 is 58.4. The predicted octanol–water partition coefficient (Wildman–Crippen LogP) is 3.67. The first kappa shape index (κ1) is 11.1. The highest BCUT2D eigenvalue weighted by atomic mass is 19.4. The first-order chi connectivity index (χ1) is 5.39. The quantitative estimate of drug-likeness (QED) is 0.456. The molecular weight excluding hydrogens is 179 g/mol. The van der Waals surface area contributed by atoms with Crippen LogP contribution in [0.3, 0.4) is 0 Å². The van der Waals surface area contributed by atoms with Crippen LogP contribution in [0.15, 0.2) is 23.8 Å². The summed E-state index contributed by atoms with van der Waals surface area (Å²) in [6, 6.07) is 0. The fourth-order valence-electron chi connectivity index (χ4n) is 0.430. The van der Waals surface area contributed by atoms with Crippen LogP contribution in [0, 0.1) is 0 Å². The lowest BCUT2D eigenvalue weighted by atomic mass is 10.3. The third-order valence-corrected chi connectivity index (χ3v) is 0.958. The summed E-state index contributed by atoms with van der Waals surface area (Å²) in [6.07, 6.45) is -3.33. The summed E-state index contributed by atoms with van der Waals surface area (Å²) in [5.74, 6) is -4.57. The van der Waals surface area contributed by atoms with Gasteiger partial charge < -0.3 is 0 Å². The largest absolute Gasteiger partial charge is 0.445 e. The van der Waals surface area contributed by atoms with Gasteiger partial charge in [0.1, 0.15) is 0 Å². The van der Waals surface area contributed by atoms with Gasteiger partial charge in [-0.2, -0.15) is 17.6 Å². The number of allylic oxidation sites excluding steroid dienone is 4. The smallest absolute Gasteiger partial charge is 0.204 e. The second-order valence-corrected chi connectivity index (χ2v) is 1.97. The molecule has 0 aliphatic carbocycles. The minimum Gasteiger partial charge on any atom is -0.204 e. The molecule has 0 nitrogen and oxygen atoms in total. The molecule has 0 rings (SSSR count). The second kappa shape index (κ2) is 4.23. The first-order valence-corrected chi connectivity index (χ1v) is 3.18. The summed E-state index contributed by atoms with van der Waals surface area (Å²) in [6.45, 7) is 1.59. The zero-order valence-corrected chi connectivity index (χ0v) is 6.25. The van der Waals surface area contributed by atoms with Crippen LogP contribution in [0.1, 0.15) is 13.3 Å². The molecule has 0 aliphatic rings. The van der Waals surface area contributed by atoms with Crippen LogP contribution in [0.25, 0.3) is 0 Å². The van der Waals surface area contributed by atoms with Crippen LogP contribution < -0.4 is 0 Å². The topological polar surface area (TPSA) is 0 Å². The van der Waals surface area contributed by atoms with Crippen molar-refractivity contribution in [3.8, 4) is 0 Å². The van der Waals surface area contributed by atoms with E-state index in [9.17, 15) is 22.0 Å². The highest BCUT2D eigenvalue weighted by Crippen LogP contribution is 2.30. The normalized spacial score (nSPS) is 15.2. The van der Waals surface area contributed by atoms with E-state index < -0.39 is 17.8 Å². The van der Waals surface area contributed by atoms with Crippen molar-refractivity contribution in [3.63, 3.8) is 0 Å². The molecular formula is C7H7F5. The van der Waals surface area contributed by atoms with Gasteiger partial charge in [-0.05, 0) is 12.5 Å². The Morgan fingerprint density at radius 1 is 1.25 bits per heavy atom. The fraction of sp³-hybridized carbons (Fsp3) is 0.429. The fourth-order valence-corrected chi connectivity index (χ4v) is 0.430. The monoisotopic (exact) mass is 186 g/mol. The highest BCUT2D eigenvalue weighted by Gasteiger charge is 2.37. The van der Waals surface area contributed by atoms with Crippen LogP contribution in [0.2, 0.25) is 0 Å². The lowest BCUT2D eigenvalue weighted by Crippen LogP contribution is -2.08. The summed E-state index contributed by atoms with van der Waals surface area (Å²) in [5.41, 5.74) is 0. The minimum atomic E-state index is -5.23. The molecule has 0 heterocycles. The molecule has 0 N–H and O–H groups in total. The van der Waals surface area contributed by atoms with Crippen molar-refractivity contribution in [2.24, 2.45) is 0 Å². The van der Waals surface area contributed by atoms with E-state index in [-0.39, 0.29) is 0 Å². The lowest BCUT2D eigenvalue weighted by Gasteiger charge is -2.01. The van der Waals surface area contributed by atoms with E-state index in [0.29, 0.717) is 12.5 Å². The molecule has 0 aromatic heterocycles. The van der Waals surface area contributed by atoms with Gasteiger partial charge in [-0.3, -0.25) is 0 Å². The Hall–Kier alpha value is -0.870. The molecule has 0 atom stereocenters. The Kier molecular flexibility index (Phi) is 3.92. The van der Waals surface area contributed by atoms with E-state index in [4.69, 9.17) is 0 Å². The Morgan fingerprint density at radius 3 is 2.08 bits per heavy atom. The number of rotatable bonds is 2. The average Bonchev–Trinajstić information content (AvgIpc) is 1.97. The van der Waals surface area contributed by atoms with E-state index in [1.807, 2.05) is 0 Å². The maximum absolute atomic E-state index is 12.2. The first-order valence-electron chi connectivity index (χ1n) is 3.18. The molecule has 0 bridgehead atoms. The summed E-state index contributed by atoms with van der Waals surface area (Å²) >= 11 is 0. The molecule has 0 aliphatic heterocycles. The van der Waals surface area contributed by atoms with E-state index in [1.54, 1.807) is 6.92 Å². The Labute approximate surface area is 66.4 Å². The van der Waals surface area contributed by atoms with Crippen molar-refractivity contribution in [2.45, 2.75) is 19.5 Å². The van der Waals surface area contributed by atoms with Crippen molar-refractivity contribution in [1.82, 2.24) is 0 Å². The molecule has 5 heteroatoms. The van der Waals surface area contributed by atoms with Crippen LogP contribution in [-0.2, 0) is 0 Å². The predicted molar refractivity (Wildman–Crippen MR) is 34.7 cm³/mol. The van der Waals surface area contributed by atoms with Crippen LogP contribution in [-0.4, -0.2) is 6.18 Å². The van der Waals surface area contributed by atoms with Gasteiger partial charge in [0, 0.05) is 0 Å². The van der Waals surface area contributed by atoms with Crippen molar-refractivity contribution < 1.29 is 22.0 Å². The number of hydrogen-bond donors (Lipinski definition) is 0. The maximum Gasteiger partial charge on any atom is 0.445 e. The zero-order valence-electron chi connectivity index (χ0n) is 6.25. The van der Waals surface area contributed by atoms with Crippen LogP contribution in [0.4, 0.5) is 22.0 Å². The Morgan fingerprint density at radius 2 is 1.75 bits per heavy atom. The minimum absolute atomic E-state index is 0.346. The zero-order chi connectivity index (χ0) is 9.78. The van der Waals surface area contributed by atoms with Gasteiger partial charge in [0.25, 0.3) is 0 Å². The number of alkyl halides is 3. The summed E-state index contributed by atoms with van der Waals surface area (Å²) in [7, 11) is 0. The van der Waals surface area contributed by atoms with Gasteiger partial charge in [0.2, 0.25) is 5.83 Å². The molecule has 70 valence electrons. The lowest BCUT2D eigenvalue weighted by molar-refractivity contribution is -0.110. The molecule has 0 saturated carbocycles. The SMILES string of the molecule is CCC=CC(F)=C(F)C(F)(F)F. The molecule has 0 amide bonds. The molecule has 0 fully saturated rings. The van der Waals surface area contributed by atoms with E-state index >= 15 is 0 Å². The van der Waals surface area contributed by atoms with Crippen molar-refractivity contribution in [3.05, 3.63) is 23.8 Å². The summed E-state index contributed by atoms with van der Waals surface area (Å²) in [4.78, 5) is 0. The molecule has 0 saturated heterocycles. The third kappa shape index (κ3) is 3.50. The van der Waals surface area contributed by atoms with E-state index in [2.05, 4.69) is 0 Å². The maximum atomic E-state index is 12.2. The van der Waals surface area contributed by atoms with Crippen LogP contribution >= 0.6 is 0 Å². The van der Waals surface area contributed by atoms with Crippen molar-refractivity contribution >= 4 is 0 Å². The molecule has 0 unspecified atom stereocenters. The molecule has 0 aromatic carbocycles. The second-order valence-electron chi connectivity index (χ2n) is 1.97. The Balaban J connectivity index is 4.58. The van der Waals surface area contributed by atoms with Gasteiger partial charge >= 0.3 is 6.18 Å². The number of hydrogen-bond acceptors (Lipinski definition) is 0. The standard InChI is InChI=1S/C7H7F5/c1-2-3-4-5(8)6(9)7(10,11)12/h3-4H,2H2,1H3. The molecule has 0 spiro atoms. The van der Waals surface area contributed by atoms with Crippen LogP contribution in [0.5, 0.6) is 0 Å². The Bertz CT molecular complexity index is 198. The number of halogens is 5. The van der Waals surface area contributed by atoms with Gasteiger partial charge in [-0.1, -0.05) is 13.0 Å². The molecule has 0 aromatic rings. The van der Waals surface area contributed by atoms with Gasteiger partial charge in [-0.25, -0.2) is 4.39 Å². The van der Waals surface area contributed by atoms with Crippen molar-refractivity contribution in [2.75, 3.05) is 0 Å². The third-order valence-electron chi connectivity index (χ3n) is 0.958. The summed E-state index contributed by atoms with van der Waals surface area (Å²) in [5, 5.41) is 0. The highest BCUT2D eigenvalue weighted by molar-refractivity contribution is 5.17. The van der Waals surface area contributed by atoms with E-state index in [1.165, 1.54) is 0 Å². The molecule has 0 radical (unpaired) electrons.